The molecule has 1 N–H and O–H groups in total. The molecular weight excluding hydrogens is 406 g/mol. The molecular formula is C21H23N3O3S2. The third-order valence-electron chi connectivity index (χ3n) is 4.04. The predicted octanol–water partition coefficient (Wildman–Crippen LogP) is 5.22. The minimum Gasteiger partial charge on any atom is -0.484 e. The molecule has 0 aliphatic rings. The van der Waals surface area contributed by atoms with Crippen molar-refractivity contribution in [3.63, 3.8) is 0 Å². The number of nitrogens with one attached hydrogen (secondary N) is 1. The maximum absolute atomic E-state index is 12.1. The molecule has 1 heterocycles. The molecule has 1 aromatic heterocycles. The Morgan fingerprint density at radius 3 is 2.69 bits per heavy atom. The number of rotatable bonds is 9. The predicted molar refractivity (Wildman–Crippen MR) is 117 cm³/mol. The van der Waals surface area contributed by atoms with Crippen LogP contribution in [-0.2, 0) is 11.4 Å². The lowest BCUT2D eigenvalue weighted by molar-refractivity contribution is -0.113. The zero-order valence-electron chi connectivity index (χ0n) is 16.5. The van der Waals surface area contributed by atoms with Crippen molar-refractivity contribution in [1.82, 2.24) is 10.2 Å². The average Bonchev–Trinajstić information content (AvgIpc) is 3.19. The van der Waals surface area contributed by atoms with Crippen LogP contribution in [0.15, 0.2) is 63.1 Å². The van der Waals surface area contributed by atoms with Gasteiger partial charge in [-0.25, -0.2) is 0 Å². The lowest BCUT2D eigenvalue weighted by Gasteiger charge is -2.07. The number of nitrogens with zero attached hydrogens (tertiary/aromatic N) is 2. The number of carbonyl (C=O) groups excluding carboxylic acids is 1. The summed E-state index contributed by atoms with van der Waals surface area (Å²) in [4.78, 5) is 13.2. The summed E-state index contributed by atoms with van der Waals surface area (Å²) in [6, 6.07) is 15.6. The van der Waals surface area contributed by atoms with Crippen LogP contribution in [0.25, 0.3) is 0 Å². The molecule has 29 heavy (non-hydrogen) atoms. The summed E-state index contributed by atoms with van der Waals surface area (Å²) >= 11 is 2.82. The highest BCUT2D eigenvalue weighted by atomic mass is 32.2. The molecule has 0 aliphatic carbocycles. The molecule has 0 saturated heterocycles. The van der Waals surface area contributed by atoms with Gasteiger partial charge in [0.15, 0.2) is 6.61 Å². The summed E-state index contributed by atoms with van der Waals surface area (Å²) in [7, 11) is 0. The van der Waals surface area contributed by atoms with Crippen molar-refractivity contribution in [1.29, 1.82) is 0 Å². The smallest absolute Gasteiger partial charge is 0.277 e. The van der Waals surface area contributed by atoms with Crippen molar-refractivity contribution in [2.24, 2.45) is 0 Å². The van der Waals surface area contributed by atoms with E-state index in [1.807, 2.05) is 54.8 Å². The topological polar surface area (TPSA) is 77.2 Å². The van der Waals surface area contributed by atoms with Gasteiger partial charge in [-0.15, -0.1) is 22.0 Å². The van der Waals surface area contributed by atoms with Crippen LogP contribution < -0.4 is 10.1 Å². The largest absolute Gasteiger partial charge is 0.484 e. The van der Waals surface area contributed by atoms with Crippen LogP contribution in [0.4, 0.5) is 5.69 Å². The lowest BCUT2D eigenvalue weighted by Crippen LogP contribution is -2.13. The summed E-state index contributed by atoms with van der Waals surface area (Å²) < 4.78 is 11.2. The van der Waals surface area contributed by atoms with E-state index in [0.29, 0.717) is 17.0 Å². The van der Waals surface area contributed by atoms with Crippen molar-refractivity contribution in [3.8, 4) is 5.75 Å². The zero-order valence-corrected chi connectivity index (χ0v) is 18.2. The fourth-order valence-corrected chi connectivity index (χ4v) is 3.51. The highest BCUT2D eigenvalue weighted by molar-refractivity contribution is 7.99. The van der Waals surface area contributed by atoms with Crippen molar-refractivity contribution < 1.29 is 13.9 Å². The second-order valence-corrected chi connectivity index (χ2v) is 8.35. The highest BCUT2D eigenvalue weighted by Crippen LogP contribution is 2.22. The third kappa shape index (κ3) is 6.54. The van der Waals surface area contributed by atoms with Gasteiger partial charge in [0, 0.05) is 10.6 Å². The lowest BCUT2D eigenvalue weighted by atomic mass is 10.0. The van der Waals surface area contributed by atoms with E-state index in [1.54, 1.807) is 11.8 Å². The Balaban J connectivity index is 1.45. The van der Waals surface area contributed by atoms with Crippen LogP contribution in [0.1, 0.15) is 31.2 Å². The minimum atomic E-state index is -0.130. The second kappa shape index (κ2) is 10.4. The van der Waals surface area contributed by atoms with Gasteiger partial charge in [0.1, 0.15) is 5.75 Å². The Bertz CT molecular complexity index is 942. The summed E-state index contributed by atoms with van der Waals surface area (Å²) in [5.41, 5.74) is 2.03. The summed E-state index contributed by atoms with van der Waals surface area (Å²) in [6.45, 7) is 4.48. The monoisotopic (exact) mass is 429 g/mol. The van der Waals surface area contributed by atoms with Gasteiger partial charge >= 0.3 is 0 Å². The number of hydrogen-bond acceptors (Lipinski definition) is 7. The van der Waals surface area contributed by atoms with Gasteiger partial charge in [-0.2, -0.15) is 0 Å². The van der Waals surface area contributed by atoms with Crippen molar-refractivity contribution in [2.45, 2.75) is 36.5 Å². The van der Waals surface area contributed by atoms with Crippen LogP contribution in [0.2, 0.25) is 0 Å². The Labute approximate surface area is 178 Å². The van der Waals surface area contributed by atoms with E-state index >= 15 is 0 Å². The fourth-order valence-electron chi connectivity index (χ4n) is 2.47. The van der Waals surface area contributed by atoms with Crippen molar-refractivity contribution >= 4 is 35.1 Å². The van der Waals surface area contributed by atoms with E-state index in [2.05, 4.69) is 29.4 Å². The van der Waals surface area contributed by atoms with Gasteiger partial charge in [0.2, 0.25) is 5.91 Å². The summed E-state index contributed by atoms with van der Waals surface area (Å²) in [5, 5.41) is 11.1. The number of hydrogen-bond donors (Lipinski definition) is 1. The number of anilines is 1. The Hall–Kier alpha value is -2.45. The molecule has 0 radical (unpaired) electrons. The Morgan fingerprint density at radius 1 is 1.17 bits per heavy atom. The van der Waals surface area contributed by atoms with E-state index < -0.39 is 0 Å². The standard InChI is InChI=1S/C21H23N3O3S2/c1-14(2)15-7-9-17(10-8-15)26-12-20-23-24-21(27-20)29-13-19(25)22-16-5-4-6-18(11-16)28-3/h4-11,14H,12-13H2,1-3H3,(H,22,25). The maximum atomic E-state index is 12.1. The van der Waals surface area contributed by atoms with Crippen LogP contribution in [-0.4, -0.2) is 28.1 Å². The molecule has 0 bridgehead atoms. The third-order valence-corrected chi connectivity index (χ3v) is 5.58. The molecule has 1 amide bonds. The molecule has 0 spiro atoms. The van der Waals surface area contributed by atoms with Gasteiger partial charge in [-0.05, 0) is 48.1 Å². The molecule has 0 fully saturated rings. The molecule has 2 aromatic carbocycles. The second-order valence-electron chi connectivity index (χ2n) is 6.54. The van der Waals surface area contributed by atoms with Crippen molar-refractivity contribution in [3.05, 3.63) is 60.0 Å². The van der Waals surface area contributed by atoms with Gasteiger partial charge < -0.3 is 14.5 Å². The molecule has 8 heteroatoms. The molecule has 152 valence electrons. The van der Waals surface area contributed by atoms with E-state index in [-0.39, 0.29) is 18.3 Å². The van der Waals surface area contributed by atoms with E-state index in [1.165, 1.54) is 17.3 Å². The first-order valence-corrected chi connectivity index (χ1v) is 11.4. The summed E-state index contributed by atoms with van der Waals surface area (Å²) in [5.74, 6) is 1.64. The van der Waals surface area contributed by atoms with E-state index in [0.717, 1.165) is 16.3 Å². The first-order chi connectivity index (χ1) is 14.0. The first-order valence-electron chi connectivity index (χ1n) is 9.15. The number of aromatic nitrogens is 2. The molecule has 6 nitrogen and oxygen atoms in total. The van der Waals surface area contributed by atoms with Gasteiger partial charge in [-0.1, -0.05) is 43.8 Å². The van der Waals surface area contributed by atoms with Crippen LogP contribution in [0, 0.1) is 0 Å². The fraction of sp³-hybridized carbons (Fsp3) is 0.286. The molecule has 0 atom stereocenters. The quantitative estimate of drug-likeness (QED) is 0.467. The molecule has 0 saturated carbocycles. The number of carbonyl (C=O) groups is 1. The Morgan fingerprint density at radius 2 is 1.97 bits per heavy atom. The first kappa shape index (κ1) is 21.3. The number of amides is 1. The normalized spacial score (nSPS) is 10.9. The summed E-state index contributed by atoms with van der Waals surface area (Å²) in [6.07, 6.45) is 1.99. The highest BCUT2D eigenvalue weighted by Gasteiger charge is 2.11. The van der Waals surface area contributed by atoms with Crippen LogP contribution in [0.3, 0.4) is 0 Å². The van der Waals surface area contributed by atoms with E-state index in [4.69, 9.17) is 9.15 Å². The molecule has 0 aliphatic heterocycles. The van der Waals surface area contributed by atoms with Crippen LogP contribution in [0.5, 0.6) is 5.75 Å². The molecule has 0 unspecified atom stereocenters. The number of ether oxygens (including phenoxy) is 1. The van der Waals surface area contributed by atoms with Gasteiger partial charge in [0.05, 0.1) is 5.75 Å². The number of thioether (sulfide) groups is 2. The maximum Gasteiger partial charge on any atom is 0.277 e. The zero-order chi connectivity index (χ0) is 20.6. The average molecular weight is 430 g/mol. The Kier molecular flexibility index (Phi) is 7.60. The molecule has 3 aromatic rings. The van der Waals surface area contributed by atoms with Gasteiger partial charge in [-0.3, -0.25) is 4.79 Å². The van der Waals surface area contributed by atoms with Crippen molar-refractivity contribution in [2.75, 3.05) is 17.3 Å². The number of benzene rings is 2. The minimum absolute atomic E-state index is 0.130. The van der Waals surface area contributed by atoms with Gasteiger partial charge in [0.25, 0.3) is 11.1 Å². The molecule has 3 rings (SSSR count). The van der Waals surface area contributed by atoms with Crippen LogP contribution >= 0.6 is 23.5 Å². The van der Waals surface area contributed by atoms with E-state index in [9.17, 15) is 4.79 Å². The SMILES string of the molecule is CSc1cccc(NC(=O)CSc2nnc(COc3ccc(C(C)C)cc3)o2)c1.